The van der Waals surface area contributed by atoms with E-state index in [0.29, 0.717) is 6.04 Å². The Labute approximate surface area is 141 Å². The average Bonchev–Trinajstić information content (AvgIpc) is 2.70. The van der Waals surface area contributed by atoms with Gasteiger partial charge < -0.3 is 10.2 Å². The smallest absolute Gasteiger partial charge is 0.225 e. The molecule has 0 spiro atoms. The summed E-state index contributed by atoms with van der Waals surface area (Å²) in [6, 6.07) is 16.7. The molecule has 1 aliphatic rings. The van der Waals surface area contributed by atoms with E-state index in [2.05, 4.69) is 44.5 Å². The highest BCUT2D eigenvalue weighted by Crippen LogP contribution is 2.22. The van der Waals surface area contributed by atoms with E-state index in [1.54, 1.807) is 6.20 Å². The third-order valence-electron chi connectivity index (χ3n) is 4.26. The fraction of sp³-hybridized carbons (Fsp3) is 0.211. The molecule has 1 atom stereocenters. The Balaban J connectivity index is 1.57. The number of rotatable bonds is 3. The summed E-state index contributed by atoms with van der Waals surface area (Å²) in [5.74, 6) is 0.777. The van der Waals surface area contributed by atoms with E-state index in [4.69, 9.17) is 4.98 Å². The molecule has 1 aromatic carbocycles. The van der Waals surface area contributed by atoms with Crippen molar-refractivity contribution in [2.45, 2.75) is 6.04 Å². The molecule has 1 N–H and O–H groups in total. The summed E-state index contributed by atoms with van der Waals surface area (Å²) in [5.41, 5.74) is 3.21. The number of piperazine rings is 1. The molecule has 24 heavy (non-hydrogen) atoms. The number of anilines is 1. The number of benzene rings is 1. The molecule has 3 aromatic rings. The lowest BCUT2D eigenvalue weighted by molar-refractivity contribution is 0.467. The summed E-state index contributed by atoms with van der Waals surface area (Å²) in [4.78, 5) is 15.6. The molecule has 1 saturated heterocycles. The van der Waals surface area contributed by atoms with Crippen LogP contribution in [-0.4, -0.2) is 34.6 Å². The van der Waals surface area contributed by atoms with Gasteiger partial charge in [0.05, 0.1) is 5.69 Å². The van der Waals surface area contributed by atoms with E-state index in [0.717, 1.165) is 36.8 Å². The lowest BCUT2D eigenvalue weighted by atomic mass is 10.0. The topological polar surface area (TPSA) is 53.9 Å². The first-order chi connectivity index (χ1) is 11.9. The minimum Gasteiger partial charge on any atom is -0.338 e. The fourth-order valence-corrected chi connectivity index (χ4v) is 3.02. The van der Waals surface area contributed by atoms with Gasteiger partial charge in [0.25, 0.3) is 0 Å². The van der Waals surface area contributed by atoms with Crippen LogP contribution in [0.5, 0.6) is 0 Å². The minimum absolute atomic E-state index is 0.297. The summed E-state index contributed by atoms with van der Waals surface area (Å²) in [7, 11) is 0. The maximum Gasteiger partial charge on any atom is 0.225 e. The third-order valence-corrected chi connectivity index (χ3v) is 4.26. The molecule has 120 valence electrons. The van der Waals surface area contributed by atoms with Crippen molar-refractivity contribution in [1.29, 1.82) is 0 Å². The molecule has 4 rings (SSSR count). The van der Waals surface area contributed by atoms with Gasteiger partial charge in [-0.2, -0.15) is 0 Å². The Kier molecular flexibility index (Phi) is 4.16. The van der Waals surface area contributed by atoms with E-state index < -0.39 is 0 Å². The number of hydrogen-bond donors (Lipinski definition) is 1. The van der Waals surface area contributed by atoms with E-state index in [9.17, 15) is 0 Å². The highest BCUT2D eigenvalue weighted by molar-refractivity contribution is 5.58. The molecule has 3 heterocycles. The van der Waals surface area contributed by atoms with E-state index in [1.165, 1.54) is 5.56 Å². The second kappa shape index (κ2) is 6.76. The standard InChI is InChI=1S/C19H19N5/c1-2-5-15(6-3-1)18-14-24(12-11-21-18)19-22-10-8-17(23-19)16-7-4-9-20-13-16/h1-10,13,18,21H,11-12,14H2/t18-/m1/s1. The van der Waals surface area contributed by atoms with Crippen LogP contribution in [0.4, 0.5) is 5.95 Å². The van der Waals surface area contributed by atoms with Crippen LogP contribution in [0.15, 0.2) is 67.1 Å². The van der Waals surface area contributed by atoms with Gasteiger partial charge in [0, 0.05) is 49.8 Å². The molecule has 1 fully saturated rings. The summed E-state index contributed by atoms with van der Waals surface area (Å²) in [6.45, 7) is 2.68. The molecule has 5 nitrogen and oxygen atoms in total. The van der Waals surface area contributed by atoms with Gasteiger partial charge in [0.2, 0.25) is 5.95 Å². The van der Waals surface area contributed by atoms with E-state index in [1.807, 2.05) is 36.7 Å². The average molecular weight is 317 g/mol. The molecule has 0 amide bonds. The van der Waals surface area contributed by atoms with Crippen molar-refractivity contribution < 1.29 is 0 Å². The first-order valence-electron chi connectivity index (χ1n) is 8.17. The molecule has 5 heteroatoms. The van der Waals surface area contributed by atoms with Gasteiger partial charge in [0.1, 0.15) is 0 Å². The normalized spacial score (nSPS) is 17.7. The van der Waals surface area contributed by atoms with Crippen LogP contribution in [0.25, 0.3) is 11.3 Å². The van der Waals surface area contributed by atoms with Gasteiger partial charge in [-0.15, -0.1) is 0 Å². The maximum absolute atomic E-state index is 4.74. The predicted molar refractivity (Wildman–Crippen MR) is 94.7 cm³/mol. The first kappa shape index (κ1) is 14.8. The lowest BCUT2D eigenvalue weighted by Gasteiger charge is -2.34. The summed E-state index contributed by atoms with van der Waals surface area (Å²) in [6.07, 6.45) is 5.42. The SMILES string of the molecule is c1ccc([C@H]2CN(c3nccc(-c4cccnc4)n3)CCN2)cc1. The van der Waals surface area contributed by atoms with Gasteiger partial charge in [-0.1, -0.05) is 30.3 Å². The summed E-state index contributed by atoms with van der Waals surface area (Å²) < 4.78 is 0. The zero-order valence-electron chi connectivity index (χ0n) is 13.3. The van der Waals surface area contributed by atoms with Gasteiger partial charge in [0.15, 0.2) is 0 Å². The van der Waals surface area contributed by atoms with Gasteiger partial charge in [-0.05, 0) is 23.8 Å². The molecule has 0 unspecified atom stereocenters. The van der Waals surface area contributed by atoms with Gasteiger partial charge in [-0.25, -0.2) is 9.97 Å². The Morgan fingerprint density at radius 3 is 2.75 bits per heavy atom. The molecular formula is C19H19N5. The zero-order chi connectivity index (χ0) is 16.2. The second-order valence-electron chi connectivity index (χ2n) is 5.85. The van der Waals surface area contributed by atoms with Crippen molar-refractivity contribution in [1.82, 2.24) is 20.3 Å². The highest BCUT2D eigenvalue weighted by Gasteiger charge is 2.22. The van der Waals surface area contributed by atoms with Crippen molar-refractivity contribution in [3.8, 4) is 11.3 Å². The number of hydrogen-bond acceptors (Lipinski definition) is 5. The molecule has 0 aliphatic carbocycles. The van der Waals surface area contributed by atoms with Crippen LogP contribution in [0.3, 0.4) is 0 Å². The number of aromatic nitrogens is 3. The maximum atomic E-state index is 4.74. The van der Waals surface area contributed by atoms with Crippen molar-refractivity contribution >= 4 is 5.95 Å². The Hall–Kier alpha value is -2.79. The van der Waals surface area contributed by atoms with Crippen LogP contribution < -0.4 is 10.2 Å². The Bertz CT molecular complexity index is 791. The predicted octanol–water partition coefficient (Wildman–Crippen LogP) is 2.69. The molecule has 0 bridgehead atoms. The van der Waals surface area contributed by atoms with Crippen molar-refractivity contribution in [2.75, 3.05) is 24.5 Å². The van der Waals surface area contributed by atoms with Crippen LogP contribution in [0.1, 0.15) is 11.6 Å². The van der Waals surface area contributed by atoms with Crippen molar-refractivity contribution in [2.24, 2.45) is 0 Å². The minimum atomic E-state index is 0.297. The van der Waals surface area contributed by atoms with Crippen molar-refractivity contribution in [3.63, 3.8) is 0 Å². The molecule has 1 aliphatic heterocycles. The van der Waals surface area contributed by atoms with Crippen LogP contribution >= 0.6 is 0 Å². The zero-order valence-corrected chi connectivity index (χ0v) is 13.3. The first-order valence-corrected chi connectivity index (χ1v) is 8.17. The van der Waals surface area contributed by atoms with Crippen LogP contribution in [-0.2, 0) is 0 Å². The van der Waals surface area contributed by atoms with Crippen LogP contribution in [0, 0.1) is 0 Å². The molecule has 2 aromatic heterocycles. The molecule has 0 radical (unpaired) electrons. The van der Waals surface area contributed by atoms with Crippen LogP contribution in [0.2, 0.25) is 0 Å². The van der Waals surface area contributed by atoms with Crippen molar-refractivity contribution in [3.05, 3.63) is 72.7 Å². The largest absolute Gasteiger partial charge is 0.338 e. The number of nitrogens with zero attached hydrogens (tertiary/aromatic N) is 4. The Morgan fingerprint density at radius 2 is 1.92 bits per heavy atom. The summed E-state index contributed by atoms with van der Waals surface area (Å²) >= 11 is 0. The number of pyridine rings is 1. The summed E-state index contributed by atoms with van der Waals surface area (Å²) in [5, 5.41) is 3.57. The monoisotopic (exact) mass is 317 g/mol. The van der Waals surface area contributed by atoms with Gasteiger partial charge >= 0.3 is 0 Å². The second-order valence-corrected chi connectivity index (χ2v) is 5.85. The Morgan fingerprint density at radius 1 is 1.00 bits per heavy atom. The molecular weight excluding hydrogens is 298 g/mol. The van der Waals surface area contributed by atoms with E-state index in [-0.39, 0.29) is 0 Å². The quantitative estimate of drug-likeness (QED) is 0.805. The van der Waals surface area contributed by atoms with Gasteiger partial charge in [-0.3, -0.25) is 4.98 Å². The third kappa shape index (κ3) is 3.12. The fourth-order valence-electron chi connectivity index (χ4n) is 3.02. The van der Waals surface area contributed by atoms with E-state index >= 15 is 0 Å². The highest BCUT2D eigenvalue weighted by atomic mass is 15.3. The lowest BCUT2D eigenvalue weighted by Crippen LogP contribution is -2.46. The molecule has 0 saturated carbocycles. The number of nitrogens with one attached hydrogen (secondary N) is 1.